The SMILES string of the molecule is CC[C@]1(C(=O)OC)N[C@H](c2ccccc2OC)[C@H]2C(=O)N(C)C(=O)[C@H]21. The van der Waals surface area contributed by atoms with Crippen molar-refractivity contribution in [3.63, 3.8) is 0 Å². The predicted molar refractivity (Wildman–Crippen MR) is 88.7 cm³/mol. The van der Waals surface area contributed by atoms with Gasteiger partial charge in [0, 0.05) is 18.7 Å². The number of imide groups is 1. The van der Waals surface area contributed by atoms with Crippen LogP contribution >= 0.6 is 0 Å². The highest BCUT2D eigenvalue weighted by molar-refractivity contribution is 6.09. The topological polar surface area (TPSA) is 84.9 Å². The number of carbonyl (C=O) groups is 3. The summed E-state index contributed by atoms with van der Waals surface area (Å²) in [5, 5.41) is 3.26. The molecule has 0 radical (unpaired) electrons. The molecule has 7 heteroatoms. The van der Waals surface area contributed by atoms with Crippen LogP contribution in [-0.2, 0) is 19.1 Å². The van der Waals surface area contributed by atoms with E-state index in [0.717, 1.165) is 10.5 Å². The molecule has 0 unspecified atom stereocenters. The number of rotatable bonds is 4. The predicted octanol–water partition coefficient (Wildman–Crippen LogP) is 0.892. The number of benzene rings is 1. The Morgan fingerprint density at radius 3 is 2.52 bits per heavy atom. The molecule has 134 valence electrons. The molecule has 2 heterocycles. The molecule has 3 rings (SSSR count). The number of amides is 2. The first-order valence-electron chi connectivity index (χ1n) is 8.23. The minimum Gasteiger partial charge on any atom is -0.496 e. The average Bonchev–Trinajstić information content (AvgIpc) is 3.11. The van der Waals surface area contributed by atoms with Crippen LogP contribution in [0.2, 0.25) is 0 Å². The molecule has 1 N–H and O–H groups in total. The second-order valence-corrected chi connectivity index (χ2v) is 6.42. The van der Waals surface area contributed by atoms with Crippen LogP contribution in [-0.4, -0.2) is 49.5 Å². The summed E-state index contributed by atoms with van der Waals surface area (Å²) in [4.78, 5) is 39.2. The summed E-state index contributed by atoms with van der Waals surface area (Å²) in [5.74, 6) is -2.04. The molecule has 2 aliphatic rings. The van der Waals surface area contributed by atoms with Gasteiger partial charge in [0.25, 0.3) is 0 Å². The highest BCUT2D eigenvalue weighted by Crippen LogP contribution is 2.51. The van der Waals surface area contributed by atoms with E-state index in [9.17, 15) is 14.4 Å². The third-order valence-corrected chi connectivity index (χ3v) is 5.46. The fourth-order valence-corrected chi connectivity index (χ4v) is 4.18. The lowest BCUT2D eigenvalue weighted by Crippen LogP contribution is -2.55. The first-order valence-corrected chi connectivity index (χ1v) is 8.23. The molecular formula is C18H22N2O5. The molecule has 1 aromatic carbocycles. The van der Waals surface area contributed by atoms with Crippen molar-refractivity contribution in [2.45, 2.75) is 24.9 Å². The van der Waals surface area contributed by atoms with E-state index >= 15 is 0 Å². The van der Waals surface area contributed by atoms with Gasteiger partial charge in [-0.3, -0.25) is 24.6 Å². The fourth-order valence-electron chi connectivity index (χ4n) is 4.18. The van der Waals surface area contributed by atoms with Crippen LogP contribution in [0.4, 0.5) is 0 Å². The summed E-state index contributed by atoms with van der Waals surface area (Å²) in [5.41, 5.74) is -0.488. The molecular weight excluding hydrogens is 324 g/mol. The molecule has 0 aromatic heterocycles. The third-order valence-electron chi connectivity index (χ3n) is 5.46. The zero-order chi connectivity index (χ0) is 18.4. The molecule has 0 aliphatic carbocycles. The number of methoxy groups -OCH3 is 2. The number of nitrogens with one attached hydrogen (secondary N) is 1. The van der Waals surface area contributed by atoms with Crippen LogP contribution in [0, 0.1) is 11.8 Å². The van der Waals surface area contributed by atoms with Gasteiger partial charge in [0.15, 0.2) is 0 Å². The molecule has 1 aromatic rings. The van der Waals surface area contributed by atoms with E-state index in [-0.39, 0.29) is 11.8 Å². The monoisotopic (exact) mass is 346 g/mol. The summed E-state index contributed by atoms with van der Waals surface area (Å²) in [6.45, 7) is 1.81. The van der Waals surface area contributed by atoms with Gasteiger partial charge in [0.05, 0.1) is 26.1 Å². The van der Waals surface area contributed by atoms with Gasteiger partial charge < -0.3 is 9.47 Å². The molecule has 25 heavy (non-hydrogen) atoms. The number of esters is 1. The molecule has 2 aliphatic heterocycles. The van der Waals surface area contributed by atoms with Crippen LogP contribution in [0.3, 0.4) is 0 Å². The van der Waals surface area contributed by atoms with Crippen molar-refractivity contribution < 1.29 is 23.9 Å². The number of likely N-dealkylation sites (tertiary alicyclic amines) is 1. The molecule has 2 fully saturated rings. The number of ether oxygens (including phenoxy) is 2. The van der Waals surface area contributed by atoms with Gasteiger partial charge in [-0.25, -0.2) is 0 Å². The van der Waals surface area contributed by atoms with Gasteiger partial charge in [0.2, 0.25) is 11.8 Å². The van der Waals surface area contributed by atoms with Crippen molar-refractivity contribution in [1.29, 1.82) is 0 Å². The quantitative estimate of drug-likeness (QED) is 0.644. The summed E-state index contributed by atoms with van der Waals surface area (Å²) in [6.07, 6.45) is 0.333. The second-order valence-electron chi connectivity index (χ2n) is 6.42. The second kappa shape index (κ2) is 6.15. The first-order chi connectivity index (χ1) is 11.9. The zero-order valence-corrected chi connectivity index (χ0v) is 14.7. The van der Waals surface area contributed by atoms with Crippen LogP contribution < -0.4 is 10.1 Å². The number of nitrogens with zero attached hydrogens (tertiary/aromatic N) is 1. The van der Waals surface area contributed by atoms with Gasteiger partial charge >= 0.3 is 5.97 Å². The van der Waals surface area contributed by atoms with Crippen molar-refractivity contribution in [3.05, 3.63) is 29.8 Å². The highest BCUT2D eigenvalue weighted by Gasteiger charge is 2.67. The van der Waals surface area contributed by atoms with Crippen LogP contribution in [0.5, 0.6) is 5.75 Å². The summed E-state index contributed by atoms with van der Waals surface area (Å²) in [6, 6.07) is 6.79. The van der Waals surface area contributed by atoms with Gasteiger partial charge in [-0.1, -0.05) is 25.1 Å². The Morgan fingerprint density at radius 2 is 1.92 bits per heavy atom. The van der Waals surface area contributed by atoms with Crippen LogP contribution in [0.1, 0.15) is 24.9 Å². The smallest absolute Gasteiger partial charge is 0.326 e. The van der Waals surface area contributed by atoms with Gasteiger partial charge in [-0.2, -0.15) is 0 Å². The van der Waals surface area contributed by atoms with Crippen molar-refractivity contribution in [2.75, 3.05) is 21.3 Å². The molecule has 2 amide bonds. The van der Waals surface area contributed by atoms with E-state index in [1.54, 1.807) is 13.2 Å². The van der Waals surface area contributed by atoms with E-state index in [0.29, 0.717) is 12.2 Å². The highest BCUT2D eigenvalue weighted by atomic mass is 16.5. The fraction of sp³-hybridized carbons (Fsp3) is 0.500. The normalized spacial score (nSPS) is 31.2. The Balaban J connectivity index is 2.17. The number of carbonyl (C=O) groups excluding carboxylic acids is 3. The summed E-state index contributed by atoms with van der Waals surface area (Å²) >= 11 is 0. The minimum absolute atomic E-state index is 0.294. The largest absolute Gasteiger partial charge is 0.496 e. The van der Waals surface area contributed by atoms with E-state index in [1.807, 2.05) is 25.1 Å². The third kappa shape index (κ3) is 2.26. The molecule has 0 spiro atoms. The Labute approximate surface area is 146 Å². The number of hydrogen-bond acceptors (Lipinski definition) is 6. The van der Waals surface area contributed by atoms with E-state index in [4.69, 9.17) is 9.47 Å². The average molecular weight is 346 g/mol. The Kier molecular flexibility index (Phi) is 4.28. The maximum atomic E-state index is 12.8. The molecule has 4 atom stereocenters. The number of fused-ring (bicyclic) bond motifs is 1. The first kappa shape index (κ1) is 17.4. The standard InChI is InChI=1S/C18H22N2O5/c1-5-18(17(23)25-4)13-12(15(21)20(2)16(13)22)14(19-18)10-8-6-7-9-11(10)24-3/h6-9,12-14,19H,5H2,1-4H3/t12-,13-,14+,18-/m0/s1. The van der Waals surface area contributed by atoms with Crippen molar-refractivity contribution in [1.82, 2.24) is 10.2 Å². The zero-order valence-electron chi connectivity index (χ0n) is 14.7. The molecule has 7 nitrogen and oxygen atoms in total. The van der Waals surface area contributed by atoms with Crippen molar-refractivity contribution in [3.8, 4) is 5.75 Å². The van der Waals surface area contributed by atoms with Crippen LogP contribution in [0.25, 0.3) is 0 Å². The lowest BCUT2D eigenvalue weighted by atomic mass is 9.78. The molecule has 0 saturated carbocycles. The van der Waals surface area contributed by atoms with Gasteiger partial charge in [0.1, 0.15) is 11.3 Å². The Hall–Kier alpha value is -2.41. The maximum Gasteiger partial charge on any atom is 0.326 e. The summed E-state index contributed by atoms with van der Waals surface area (Å²) < 4.78 is 10.4. The lowest BCUT2D eigenvalue weighted by molar-refractivity contribution is -0.154. The molecule has 2 saturated heterocycles. The molecule has 0 bridgehead atoms. The van der Waals surface area contributed by atoms with Crippen LogP contribution in [0.15, 0.2) is 24.3 Å². The van der Waals surface area contributed by atoms with E-state index in [1.165, 1.54) is 14.2 Å². The lowest BCUT2D eigenvalue weighted by Gasteiger charge is -2.31. The van der Waals surface area contributed by atoms with Gasteiger partial charge in [-0.15, -0.1) is 0 Å². The maximum absolute atomic E-state index is 12.8. The minimum atomic E-state index is -1.23. The van der Waals surface area contributed by atoms with Crippen molar-refractivity contribution in [2.24, 2.45) is 11.8 Å². The van der Waals surface area contributed by atoms with Crippen molar-refractivity contribution >= 4 is 17.8 Å². The van der Waals surface area contributed by atoms with E-state index in [2.05, 4.69) is 5.32 Å². The van der Waals surface area contributed by atoms with E-state index < -0.39 is 29.4 Å². The summed E-state index contributed by atoms with van der Waals surface area (Å²) in [7, 11) is 4.30. The van der Waals surface area contributed by atoms with Gasteiger partial charge in [-0.05, 0) is 12.5 Å². The number of para-hydroxylation sites is 1. The Morgan fingerprint density at radius 1 is 1.24 bits per heavy atom. The number of hydrogen-bond donors (Lipinski definition) is 1. The Bertz CT molecular complexity index is 734.